The smallest absolute Gasteiger partial charge is 0.238 e. The zero-order valence-corrected chi connectivity index (χ0v) is 83.6. The van der Waals surface area contributed by atoms with Crippen molar-refractivity contribution in [3.63, 3.8) is 0 Å². The first-order valence-electron chi connectivity index (χ1n) is 43.3. The Morgan fingerprint density at radius 3 is 0.873 bits per heavy atom. The van der Waals surface area contributed by atoms with Gasteiger partial charge in [-0.1, -0.05) is 356 Å². The van der Waals surface area contributed by atoms with Crippen molar-refractivity contribution < 1.29 is 0 Å². The van der Waals surface area contributed by atoms with E-state index in [-0.39, 0.29) is 0 Å². The first-order chi connectivity index (χ1) is 65.7. The van der Waals surface area contributed by atoms with Gasteiger partial charge in [-0.2, -0.15) is 15.0 Å². The van der Waals surface area contributed by atoms with Crippen LogP contribution in [0.3, 0.4) is 0 Å². The van der Waals surface area contributed by atoms with E-state index in [1.54, 1.807) is 0 Å². The number of halogens is 8. The predicted octanol–water partition coefficient (Wildman–Crippen LogP) is 35.6. The second-order valence-electron chi connectivity index (χ2n) is 32.4. The third-order valence-electron chi connectivity index (χ3n) is 24.2. The Kier molecular flexibility index (Phi) is 24.0. The summed E-state index contributed by atoms with van der Waals surface area (Å²) in [6, 6.07) is 149. The van der Waals surface area contributed by atoms with E-state index in [2.05, 4.69) is 513 Å². The van der Waals surface area contributed by atoms with E-state index in [1.165, 1.54) is 126 Å². The molecule has 134 heavy (non-hydrogen) atoms. The van der Waals surface area contributed by atoms with Crippen LogP contribution < -0.4 is 0 Å². The molecule has 0 aliphatic rings. The van der Waals surface area contributed by atoms with Crippen LogP contribution >= 0.6 is 127 Å². The highest BCUT2D eigenvalue weighted by Crippen LogP contribution is 2.46. The van der Waals surface area contributed by atoms with Gasteiger partial charge in [-0.3, -0.25) is 4.57 Å². The van der Waals surface area contributed by atoms with Crippen LogP contribution in [0.4, 0.5) is 0 Å². The lowest BCUT2D eigenvalue weighted by Crippen LogP contribution is -2.06. The maximum absolute atomic E-state index is 5.00. The van der Waals surface area contributed by atoms with Gasteiger partial charge >= 0.3 is 0 Å². The van der Waals surface area contributed by atoms with Crippen LogP contribution in [-0.2, 0) is 0 Å². The molecule has 640 valence electrons. The first kappa shape index (κ1) is 86.2. The fourth-order valence-corrected chi connectivity index (χ4v) is 23.2. The van der Waals surface area contributed by atoms with Crippen LogP contribution in [0.1, 0.15) is 0 Å². The highest BCUT2D eigenvalue weighted by atomic mass is 79.9. The molecule has 25 aromatic rings. The maximum Gasteiger partial charge on any atom is 0.238 e. The molecular formula is C116H70Br8N10. The fourth-order valence-electron chi connectivity index (χ4n) is 18.4. The van der Waals surface area contributed by atoms with Gasteiger partial charge in [-0.15, -0.1) is 0 Å². The third-order valence-corrected chi connectivity index (χ3v) is 27.7. The number of aromatic nitrogens is 10. The number of fused-ring (bicyclic) bond motifs is 17. The molecule has 0 bridgehead atoms. The van der Waals surface area contributed by atoms with Gasteiger partial charge in [0.05, 0.1) is 44.1 Å². The van der Waals surface area contributed by atoms with Crippen molar-refractivity contribution in [3.8, 4) is 102 Å². The molecule has 0 unspecified atom stereocenters. The van der Waals surface area contributed by atoms with Crippen molar-refractivity contribution in [1.29, 1.82) is 0 Å². The molecule has 0 amide bonds. The van der Waals surface area contributed by atoms with Crippen LogP contribution in [0.25, 0.3) is 210 Å². The summed E-state index contributed by atoms with van der Waals surface area (Å²) >= 11 is 28.5. The molecule has 19 aromatic carbocycles. The molecule has 0 fully saturated rings. The highest BCUT2D eigenvalue weighted by molar-refractivity contribution is 9.12. The van der Waals surface area contributed by atoms with Gasteiger partial charge in [0, 0.05) is 109 Å². The number of hydrogen-bond donors (Lipinski definition) is 0. The van der Waals surface area contributed by atoms with Crippen LogP contribution in [0.5, 0.6) is 0 Å². The Balaban J connectivity index is 0.000000105. The lowest BCUT2D eigenvalue weighted by atomic mass is 9.96. The summed E-state index contributed by atoms with van der Waals surface area (Å²) < 4.78 is 16.5. The molecule has 18 heteroatoms. The number of para-hydroxylation sites is 5. The minimum Gasteiger partial charge on any atom is -0.309 e. The molecule has 0 saturated heterocycles. The molecule has 0 radical (unpaired) electrons. The highest BCUT2D eigenvalue weighted by Gasteiger charge is 2.24. The van der Waals surface area contributed by atoms with E-state index >= 15 is 0 Å². The molecule has 6 aromatic heterocycles. The standard InChI is InChI=1S/C33H20Br2N4.C32H19Br2N.C30H19Br2N.C21H12Br2N4/c34-25-17-24(18-26(35)20-25)23-15-16-30-28(19-23)27-13-7-8-14-29(27)39(30)33-37-31(21-9-3-1-4-10-21)36-32(38-33)22-11-5-2-6-12-22;33-22-16-21(17-23(34)19-22)20-14-15-30-29(18-20)31-27-12-6-4-10-25(27)26-11-5-7-13-28(26)32(31)35(30)24-8-2-1-3-9-24;31-24-16-23(17-25(32)19-24)22-12-15-30-28(18-22)27-8-4-5-9-29(27)33(30)26-13-10-21(11-14-26)20-6-2-1-3-7-20;22-20-24-19(25-21(23)26-20)13-10-11-18-16(12-13)15-8-4-5-9-17(15)27(18)14-6-2-1-3-7-14/h1-20H;1-19H;1-19H;1-12H. The van der Waals surface area contributed by atoms with Gasteiger partial charge in [-0.25, -0.2) is 15.0 Å². The second-order valence-corrected chi connectivity index (χ2v) is 39.3. The van der Waals surface area contributed by atoms with Gasteiger partial charge < -0.3 is 13.7 Å². The number of hydrogen-bond acceptors (Lipinski definition) is 6. The third kappa shape index (κ3) is 16.9. The molecule has 10 nitrogen and oxygen atoms in total. The van der Waals surface area contributed by atoms with Crippen molar-refractivity contribution in [2.24, 2.45) is 0 Å². The Hall–Kier alpha value is -13.2. The van der Waals surface area contributed by atoms with E-state index in [4.69, 9.17) is 15.0 Å². The van der Waals surface area contributed by atoms with Crippen LogP contribution in [0, 0.1) is 0 Å². The second kappa shape index (κ2) is 37.3. The zero-order chi connectivity index (χ0) is 90.6. The molecule has 0 spiro atoms. The van der Waals surface area contributed by atoms with E-state index in [1.807, 2.05) is 72.8 Å². The van der Waals surface area contributed by atoms with Crippen molar-refractivity contribution in [2.45, 2.75) is 0 Å². The molecule has 0 N–H and O–H groups in total. The largest absolute Gasteiger partial charge is 0.309 e. The van der Waals surface area contributed by atoms with Crippen molar-refractivity contribution >= 4 is 236 Å². The molecular weight excluding hydrogens is 2170 g/mol. The van der Waals surface area contributed by atoms with Gasteiger partial charge in [0.15, 0.2) is 17.5 Å². The summed E-state index contributed by atoms with van der Waals surface area (Å²) in [5.74, 6) is 2.50. The first-order valence-corrected chi connectivity index (χ1v) is 49.6. The fraction of sp³-hybridized carbons (Fsp3) is 0. The van der Waals surface area contributed by atoms with E-state index in [0.717, 1.165) is 87.7 Å². The van der Waals surface area contributed by atoms with E-state index < -0.39 is 0 Å². The molecule has 0 saturated carbocycles. The normalized spacial score (nSPS) is 11.4. The lowest BCUT2D eigenvalue weighted by molar-refractivity contribution is 0.953. The predicted molar refractivity (Wildman–Crippen MR) is 585 cm³/mol. The maximum atomic E-state index is 5.00. The van der Waals surface area contributed by atoms with Crippen molar-refractivity contribution in [3.05, 3.63) is 461 Å². The molecule has 0 aliphatic carbocycles. The van der Waals surface area contributed by atoms with E-state index in [9.17, 15) is 0 Å². The van der Waals surface area contributed by atoms with Crippen LogP contribution in [0.2, 0.25) is 0 Å². The van der Waals surface area contributed by atoms with Crippen LogP contribution in [0.15, 0.2) is 461 Å². The Morgan fingerprint density at radius 2 is 0.440 bits per heavy atom. The van der Waals surface area contributed by atoms with Gasteiger partial charge in [0.25, 0.3) is 0 Å². The molecule has 6 heterocycles. The Labute approximate surface area is 838 Å². The van der Waals surface area contributed by atoms with Crippen LogP contribution in [-0.4, -0.2) is 48.2 Å². The quantitative estimate of drug-likeness (QED) is 0.120. The topological polar surface area (TPSA) is 97.1 Å². The number of nitrogens with zero attached hydrogens (tertiary/aromatic N) is 10. The minimum atomic E-state index is 0.506. The number of benzene rings is 19. The Bertz CT molecular complexity index is 8720. The molecule has 0 atom stereocenters. The summed E-state index contributed by atoms with van der Waals surface area (Å²) in [5, 5.41) is 14.9. The average molecular weight is 2240 g/mol. The summed E-state index contributed by atoms with van der Waals surface area (Å²) in [6.07, 6.45) is 0. The molecule has 25 rings (SSSR count). The molecule has 0 aliphatic heterocycles. The van der Waals surface area contributed by atoms with Crippen molar-refractivity contribution in [2.75, 3.05) is 0 Å². The average Bonchev–Trinajstić information content (AvgIpc) is 1.55. The lowest BCUT2D eigenvalue weighted by Gasteiger charge is -2.12. The zero-order valence-electron chi connectivity index (χ0n) is 70.9. The number of rotatable bonds is 11. The minimum absolute atomic E-state index is 0.506. The van der Waals surface area contributed by atoms with E-state index in [0.29, 0.717) is 32.9 Å². The summed E-state index contributed by atoms with van der Waals surface area (Å²) in [7, 11) is 0. The summed E-state index contributed by atoms with van der Waals surface area (Å²) in [5.41, 5.74) is 25.1. The summed E-state index contributed by atoms with van der Waals surface area (Å²) in [6.45, 7) is 0. The van der Waals surface area contributed by atoms with Gasteiger partial charge in [0.1, 0.15) is 0 Å². The summed E-state index contributed by atoms with van der Waals surface area (Å²) in [4.78, 5) is 27.8. The van der Waals surface area contributed by atoms with Gasteiger partial charge in [-0.05, 0) is 256 Å². The Morgan fingerprint density at radius 1 is 0.157 bits per heavy atom. The monoisotopic (exact) mass is 2230 g/mol. The van der Waals surface area contributed by atoms with Crippen molar-refractivity contribution in [1.82, 2.24) is 48.2 Å². The SMILES string of the molecule is Brc1cc(Br)cc(-c2ccc3c(c2)c2c4ccccc4c4ccccc4c2n3-c2ccccc2)c1.Brc1cc(Br)cc(-c2ccc3c(c2)c2ccccc2n3-c2ccc(-c3ccccc3)cc2)c1.Brc1cc(Br)cc(-c2ccc3c(c2)c2ccccc2n3-c2nc(-c3ccccc3)nc(-c3ccccc3)n2)c1.Brc1nc(Br)nc(-c2ccc3c(c2)c2ccccc2n3-c2ccccc2)n1. The van der Waals surface area contributed by atoms with Gasteiger partial charge in [0.2, 0.25) is 15.4 Å².